The molecule has 9 atom stereocenters. The van der Waals surface area contributed by atoms with Crippen molar-refractivity contribution in [2.45, 2.75) is 89.9 Å². The topological polar surface area (TPSA) is 120 Å². The van der Waals surface area contributed by atoms with E-state index in [-0.39, 0.29) is 40.0 Å². The van der Waals surface area contributed by atoms with Gasteiger partial charge < -0.3 is 14.6 Å². The summed E-state index contributed by atoms with van der Waals surface area (Å²) in [5.41, 5.74) is -0.813. The Morgan fingerprint density at radius 3 is 2.45 bits per heavy atom. The largest absolute Gasteiger partial charge is 0.460 e. The van der Waals surface area contributed by atoms with Gasteiger partial charge in [0.05, 0.1) is 23.7 Å². The maximum Gasteiger partial charge on any atom is 0.333 e. The van der Waals surface area contributed by atoms with Crippen LogP contribution in [0.25, 0.3) is 0 Å². The molecule has 4 aliphatic rings. The minimum Gasteiger partial charge on any atom is -0.460 e. The molecule has 0 unspecified atom stereocenters. The van der Waals surface area contributed by atoms with Crippen molar-refractivity contribution in [1.82, 2.24) is 0 Å². The number of aryl methyl sites for hydroxylation is 1. The van der Waals surface area contributed by atoms with Gasteiger partial charge in [0.15, 0.2) is 6.61 Å². The predicted molar refractivity (Wildman–Crippen MR) is 139 cm³/mol. The number of ether oxygens (including phenoxy) is 2. The first-order valence-electron chi connectivity index (χ1n) is 13.7. The van der Waals surface area contributed by atoms with Gasteiger partial charge in [-0.25, -0.2) is 4.79 Å². The minimum absolute atomic E-state index is 0.0355. The SMILES string of the molecule is Cc1ccc(S(=O)(=O)OCC(=O)O[C@@H]2C[C@@](C)([C@H]3CO3)[C@@H](O)[C@H](C)[C@]34CCC(=O)[C@H]3[C@@]2(C)[C@H](C)CC4)cc1. The number of Topliss-reactive ketones (excluding diaryl/α,β-unsaturated/α-hetero) is 1. The summed E-state index contributed by atoms with van der Waals surface area (Å²) < 4.78 is 42.3. The zero-order chi connectivity index (χ0) is 27.7. The summed E-state index contributed by atoms with van der Waals surface area (Å²) in [6.07, 6.45) is 1.60. The fourth-order valence-corrected chi connectivity index (χ4v) is 9.00. The van der Waals surface area contributed by atoms with Crippen LogP contribution >= 0.6 is 0 Å². The number of carbonyl (C=O) groups is 2. The molecule has 0 aromatic heterocycles. The third kappa shape index (κ3) is 4.25. The van der Waals surface area contributed by atoms with Crippen LogP contribution < -0.4 is 0 Å². The monoisotopic (exact) mass is 548 g/mol. The number of epoxide rings is 1. The van der Waals surface area contributed by atoms with Crippen molar-refractivity contribution in [1.29, 1.82) is 0 Å². The van der Waals surface area contributed by atoms with Gasteiger partial charge in [0.1, 0.15) is 11.9 Å². The normalized spacial score (nSPS) is 42.6. The summed E-state index contributed by atoms with van der Waals surface area (Å²) in [5.74, 6) is -1.00. The van der Waals surface area contributed by atoms with Gasteiger partial charge in [0, 0.05) is 23.2 Å². The second-order valence-electron chi connectivity index (χ2n) is 12.7. The highest BCUT2D eigenvalue weighted by Crippen LogP contribution is 2.68. The molecule has 210 valence electrons. The molecule has 2 bridgehead atoms. The fourth-order valence-electron chi connectivity index (χ4n) is 8.14. The van der Waals surface area contributed by atoms with Gasteiger partial charge in [-0.1, -0.05) is 45.4 Å². The molecule has 1 aliphatic heterocycles. The highest BCUT2D eigenvalue weighted by Gasteiger charge is 2.70. The molecular weight excluding hydrogens is 508 g/mol. The van der Waals surface area contributed by atoms with Gasteiger partial charge in [0.25, 0.3) is 10.1 Å². The Morgan fingerprint density at radius 2 is 1.82 bits per heavy atom. The lowest BCUT2D eigenvalue weighted by atomic mass is 9.43. The van der Waals surface area contributed by atoms with Crippen LogP contribution in [0.4, 0.5) is 0 Å². The number of esters is 1. The first kappa shape index (κ1) is 27.7. The zero-order valence-electron chi connectivity index (χ0n) is 22.9. The number of aliphatic hydroxyl groups is 1. The number of benzene rings is 1. The standard InChI is InChI=1S/C29H40O8S/c1-17-6-8-20(9-7-17)38(33,34)36-16-24(31)37-22-14-27(4,23-15-35-23)26(32)19(3)29-12-10-18(2)28(22,5)25(29)21(30)11-13-29/h6-9,18-19,22-23,25-26,32H,10-16H2,1-5H3/t18-,19+,22-,23-,25+,26+,27+,28+,29+/m1/s1. The van der Waals surface area contributed by atoms with Crippen LogP contribution in [0, 0.1) is 40.9 Å². The first-order chi connectivity index (χ1) is 17.8. The Hall–Kier alpha value is -1.81. The smallest absolute Gasteiger partial charge is 0.333 e. The maximum atomic E-state index is 13.5. The van der Waals surface area contributed by atoms with Crippen molar-refractivity contribution in [3.63, 3.8) is 0 Å². The van der Waals surface area contributed by atoms with E-state index in [4.69, 9.17) is 13.7 Å². The van der Waals surface area contributed by atoms with Crippen LogP contribution in [0.1, 0.15) is 65.4 Å². The number of hydrogen-bond acceptors (Lipinski definition) is 8. The number of carbonyl (C=O) groups excluding carboxylic acids is 2. The number of aliphatic hydroxyl groups excluding tert-OH is 1. The molecule has 1 aromatic carbocycles. The lowest BCUT2D eigenvalue weighted by Gasteiger charge is -2.62. The van der Waals surface area contributed by atoms with Crippen LogP contribution in [0.2, 0.25) is 0 Å². The van der Waals surface area contributed by atoms with Crippen molar-refractivity contribution in [2.75, 3.05) is 13.2 Å². The van der Waals surface area contributed by atoms with Crippen molar-refractivity contribution in [3.05, 3.63) is 29.8 Å². The van der Waals surface area contributed by atoms with Gasteiger partial charge in [-0.3, -0.25) is 8.98 Å². The van der Waals surface area contributed by atoms with Gasteiger partial charge >= 0.3 is 5.97 Å². The lowest BCUT2D eigenvalue weighted by Crippen LogP contribution is -2.64. The zero-order valence-corrected chi connectivity index (χ0v) is 23.8. The van der Waals surface area contributed by atoms with E-state index >= 15 is 0 Å². The van der Waals surface area contributed by atoms with E-state index in [9.17, 15) is 23.1 Å². The molecule has 9 heteroatoms. The molecular formula is C29H40O8S. The first-order valence-corrected chi connectivity index (χ1v) is 15.1. The Bertz CT molecular complexity index is 1210. The molecule has 1 heterocycles. The molecule has 1 N–H and O–H groups in total. The Morgan fingerprint density at radius 1 is 1.16 bits per heavy atom. The maximum absolute atomic E-state index is 13.5. The van der Waals surface area contributed by atoms with E-state index in [1.807, 2.05) is 13.8 Å². The predicted octanol–water partition coefficient (Wildman–Crippen LogP) is 3.82. The molecule has 3 saturated carbocycles. The molecule has 3 aliphatic carbocycles. The molecule has 1 aromatic rings. The quantitative estimate of drug-likeness (QED) is 0.324. The van der Waals surface area contributed by atoms with Gasteiger partial charge in [0.2, 0.25) is 0 Å². The molecule has 0 radical (unpaired) electrons. The molecule has 5 rings (SSSR count). The van der Waals surface area contributed by atoms with Crippen molar-refractivity contribution in [3.8, 4) is 0 Å². The van der Waals surface area contributed by atoms with Crippen LogP contribution in [0.15, 0.2) is 29.2 Å². The van der Waals surface area contributed by atoms with Gasteiger partial charge in [-0.05, 0) is 62.0 Å². The molecule has 8 nitrogen and oxygen atoms in total. The average Bonchev–Trinajstić information content (AvgIpc) is 3.67. The second-order valence-corrected chi connectivity index (χ2v) is 14.3. The van der Waals surface area contributed by atoms with Crippen LogP contribution in [0.3, 0.4) is 0 Å². The highest BCUT2D eigenvalue weighted by molar-refractivity contribution is 7.86. The van der Waals surface area contributed by atoms with Crippen molar-refractivity contribution < 1.29 is 36.8 Å². The Kier molecular flexibility index (Phi) is 6.86. The van der Waals surface area contributed by atoms with E-state index in [2.05, 4.69) is 20.8 Å². The van der Waals surface area contributed by atoms with Gasteiger partial charge in [-0.2, -0.15) is 8.42 Å². The minimum atomic E-state index is -4.15. The summed E-state index contributed by atoms with van der Waals surface area (Å²) in [6.45, 7) is 9.84. The number of rotatable bonds is 6. The molecule has 38 heavy (non-hydrogen) atoms. The van der Waals surface area contributed by atoms with E-state index < -0.39 is 45.7 Å². The molecule has 4 fully saturated rings. The molecule has 1 saturated heterocycles. The molecule has 0 amide bonds. The van der Waals surface area contributed by atoms with E-state index in [1.54, 1.807) is 12.1 Å². The van der Waals surface area contributed by atoms with Gasteiger partial charge in [-0.15, -0.1) is 0 Å². The highest BCUT2D eigenvalue weighted by atomic mass is 32.2. The van der Waals surface area contributed by atoms with E-state index in [0.717, 1.165) is 24.8 Å². The summed E-state index contributed by atoms with van der Waals surface area (Å²) in [5, 5.41) is 11.8. The summed E-state index contributed by atoms with van der Waals surface area (Å²) >= 11 is 0. The van der Waals surface area contributed by atoms with Crippen molar-refractivity contribution >= 4 is 21.9 Å². The summed E-state index contributed by atoms with van der Waals surface area (Å²) in [4.78, 5) is 26.7. The summed E-state index contributed by atoms with van der Waals surface area (Å²) in [7, 11) is -4.15. The van der Waals surface area contributed by atoms with E-state index in [0.29, 0.717) is 19.4 Å². The van der Waals surface area contributed by atoms with Crippen LogP contribution in [-0.2, 0) is 33.4 Å². The Labute approximate surface area is 225 Å². The third-order valence-electron chi connectivity index (χ3n) is 10.8. The lowest BCUT2D eigenvalue weighted by molar-refractivity contribution is -0.214. The molecule has 0 spiro atoms. The third-order valence-corrected chi connectivity index (χ3v) is 12.1. The van der Waals surface area contributed by atoms with E-state index in [1.165, 1.54) is 12.1 Å². The van der Waals surface area contributed by atoms with Crippen LogP contribution in [0.5, 0.6) is 0 Å². The van der Waals surface area contributed by atoms with Crippen LogP contribution in [-0.4, -0.2) is 56.8 Å². The fraction of sp³-hybridized carbons (Fsp3) is 0.724. The summed E-state index contributed by atoms with van der Waals surface area (Å²) in [6, 6.07) is 6.19. The second kappa shape index (κ2) is 9.39. The van der Waals surface area contributed by atoms with Crippen molar-refractivity contribution in [2.24, 2.45) is 34.0 Å². The Balaban J connectivity index is 1.46. The number of ketones is 1. The number of hydrogen-bond donors (Lipinski definition) is 1. The average molecular weight is 549 g/mol.